The number of rotatable bonds is 5. The summed E-state index contributed by atoms with van der Waals surface area (Å²) >= 11 is 0. The summed E-state index contributed by atoms with van der Waals surface area (Å²) in [5.74, 6) is 0.185. The predicted molar refractivity (Wildman–Crippen MR) is 116 cm³/mol. The molecule has 0 spiro atoms. The molecule has 31 heavy (non-hydrogen) atoms. The zero-order valence-electron chi connectivity index (χ0n) is 17.4. The standard InChI is InChI=1S/C23H25N5O3/c1-26-23(31)28(19-12-6-3-7-13-19)21(25-26)18-11-8-14-27(16-18)20(29)15-24-22(30)17-9-4-2-5-10-17/h2-7,9-10,12-13,18H,8,11,14-16H2,1H3,(H,24,30). The van der Waals surface area contributed by atoms with Crippen LogP contribution in [-0.4, -0.2) is 50.7 Å². The SMILES string of the molecule is Cn1nc(C2CCCN(C(=O)CNC(=O)c3ccccc3)C2)n(-c2ccccc2)c1=O. The summed E-state index contributed by atoms with van der Waals surface area (Å²) in [5.41, 5.74) is 1.07. The number of aromatic nitrogens is 3. The number of benzene rings is 2. The summed E-state index contributed by atoms with van der Waals surface area (Å²) in [6.07, 6.45) is 1.64. The van der Waals surface area contributed by atoms with Crippen LogP contribution < -0.4 is 11.0 Å². The lowest BCUT2D eigenvalue weighted by atomic mass is 9.97. The van der Waals surface area contributed by atoms with Crippen molar-refractivity contribution in [2.45, 2.75) is 18.8 Å². The zero-order valence-corrected chi connectivity index (χ0v) is 17.4. The molecular weight excluding hydrogens is 394 g/mol. The molecule has 1 unspecified atom stereocenters. The number of nitrogens with zero attached hydrogens (tertiary/aromatic N) is 4. The quantitative estimate of drug-likeness (QED) is 0.682. The minimum absolute atomic E-state index is 0.0587. The molecule has 3 aromatic rings. The van der Waals surface area contributed by atoms with Crippen molar-refractivity contribution in [3.63, 3.8) is 0 Å². The van der Waals surface area contributed by atoms with Crippen molar-refractivity contribution in [1.82, 2.24) is 24.6 Å². The van der Waals surface area contributed by atoms with Crippen LogP contribution in [0.25, 0.3) is 5.69 Å². The molecule has 1 atom stereocenters. The van der Waals surface area contributed by atoms with Gasteiger partial charge < -0.3 is 10.2 Å². The molecule has 1 aliphatic rings. The number of aryl methyl sites for hydroxylation is 1. The number of para-hydroxylation sites is 1. The van der Waals surface area contributed by atoms with Gasteiger partial charge in [-0.05, 0) is 37.1 Å². The first kappa shape index (κ1) is 20.6. The van der Waals surface area contributed by atoms with E-state index in [1.807, 2.05) is 36.4 Å². The van der Waals surface area contributed by atoms with Gasteiger partial charge in [0.05, 0.1) is 12.2 Å². The van der Waals surface area contributed by atoms with Gasteiger partial charge in [0.15, 0.2) is 0 Å². The normalized spacial score (nSPS) is 16.2. The van der Waals surface area contributed by atoms with Gasteiger partial charge in [0.2, 0.25) is 5.91 Å². The van der Waals surface area contributed by atoms with Crippen LogP contribution in [0.5, 0.6) is 0 Å². The first-order valence-electron chi connectivity index (χ1n) is 10.4. The highest BCUT2D eigenvalue weighted by Gasteiger charge is 2.29. The largest absolute Gasteiger partial charge is 0.350 e. The Labute approximate surface area is 180 Å². The third-order valence-corrected chi connectivity index (χ3v) is 5.54. The first-order chi connectivity index (χ1) is 15.0. The molecule has 1 N–H and O–H groups in total. The molecule has 4 rings (SSSR count). The minimum atomic E-state index is -0.273. The van der Waals surface area contributed by atoms with Gasteiger partial charge >= 0.3 is 5.69 Å². The van der Waals surface area contributed by atoms with E-state index >= 15 is 0 Å². The van der Waals surface area contributed by atoms with Gasteiger partial charge in [-0.25, -0.2) is 14.0 Å². The van der Waals surface area contributed by atoms with Gasteiger partial charge in [-0.15, -0.1) is 0 Å². The monoisotopic (exact) mass is 419 g/mol. The van der Waals surface area contributed by atoms with Gasteiger partial charge in [0.25, 0.3) is 5.91 Å². The molecule has 0 radical (unpaired) electrons. The molecule has 0 saturated carbocycles. The lowest BCUT2D eigenvalue weighted by Gasteiger charge is -2.32. The molecule has 0 bridgehead atoms. The maximum atomic E-state index is 12.8. The van der Waals surface area contributed by atoms with Crippen LogP contribution in [0.2, 0.25) is 0 Å². The van der Waals surface area contributed by atoms with E-state index < -0.39 is 0 Å². The number of likely N-dealkylation sites (tertiary alicyclic amines) is 1. The van der Waals surface area contributed by atoms with Crippen LogP contribution in [0.3, 0.4) is 0 Å². The molecule has 0 aliphatic carbocycles. The molecule has 1 fully saturated rings. The second-order valence-electron chi connectivity index (χ2n) is 7.66. The Hall–Kier alpha value is -3.68. The van der Waals surface area contributed by atoms with Gasteiger partial charge in [-0.1, -0.05) is 36.4 Å². The zero-order chi connectivity index (χ0) is 21.8. The fraction of sp³-hybridized carbons (Fsp3) is 0.304. The van der Waals surface area contributed by atoms with Crippen molar-refractivity contribution in [3.8, 4) is 5.69 Å². The molecular formula is C23H25N5O3. The van der Waals surface area contributed by atoms with Crippen molar-refractivity contribution >= 4 is 11.8 Å². The fourth-order valence-corrected chi connectivity index (χ4v) is 3.94. The molecule has 1 saturated heterocycles. The summed E-state index contributed by atoms with van der Waals surface area (Å²) in [6.45, 7) is 1.02. The van der Waals surface area contributed by atoms with Crippen LogP contribution in [0.15, 0.2) is 65.5 Å². The van der Waals surface area contributed by atoms with E-state index in [-0.39, 0.29) is 30.0 Å². The van der Waals surface area contributed by atoms with Crippen molar-refractivity contribution in [2.24, 2.45) is 7.05 Å². The Morgan fingerprint density at radius 2 is 1.74 bits per heavy atom. The van der Waals surface area contributed by atoms with E-state index in [0.29, 0.717) is 24.5 Å². The van der Waals surface area contributed by atoms with Crippen LogP contribution >= 0.6 is 0 Å². The third-order valence-electron chi connectivity index (χ3n) is 5.54. The number of nitrogens with one attached hydrogen (secondary N) is 1. The summed E-state index contributed by atoms with van der Waals surface area (Å²) in [5, 5.41) is 7.17. The smallest absolute Gasteiger partial charge is 0.343 e. The van der Waals surface area contributed by atoms with Gasteiger partial charge in [-0.3, -0.25) is 9.59 Å². The Morgan fingerprint density at radius 1 is 1.06 bits per heavy atom. The van der Waals surface area contributed by atoms with E-state index in [4.69, 9.17) is 0 Å². The minimum Gasteiger partial charge on any atom is -0.343 e. The second-order valence-corrected chi connectivity index (χ2v) is 7.66. The van der Waals surface area contributed by atoms with Gasteiger partial charge in [0, 0.05) is 31.6 Å². The van der Waals surface area contributed by atoms with E-state index in [9.17, 15) is 14.4 Å². The summed E-state index contributed by atoms with van der Waals surface area (Å²) < 4.78 is 2.96. The van der Waals surface area contributed by atoms with Crippen LogP contribution in [0.4, 0.5) is 0 Å². The number of piperidine rings is 1. The Balaban J connectivity index is 1.47. The topological polar surface area (TPSA) is 89.2 Å². The molecule has 1 aliphatic heterocycles. The number of carbonyl (C=O) groups excluding carboxylic acids is 2. The predicted octanol–water partition coefficient (Wildman–Crippen LogP) is 1.71. The van der Waals surface area contributed by atoms with Crippen molar-refractivity contribution in [2.75, 3.05) is 19.6 Å². The molecule has 2 amide bonds. The van der Waals surface area contributed by atoms with E-state index in [1.54, 1.807) is 40.8 Å². The van der Waals surface area contributed by atoms with E-state index in [1.165, 1.54) is 4.68 Å². The maximum absolute atomic E-state index is 12.8. The highest BCUT2D eigenvalue weighted by molar-refractivity contribution is 5.96. The molecule has 8 nitrogen and oxygen atoms in total. The molecule has 160 valence electrons. The first-order valence-corrected chi connectivity index (χ1v) is 10.4. The van der Waals surface area contributed by atoms with Crippen LogP contribution in [0, 0.1) is 0 Å². The molecule has 2 heterocycles. The van der Waals surface area contributed by atoms with Gasteiger partial charge in [0.1, 0.15) is 5.82 Å². The lowest BCUT2D eigenvalue weighted by molar-refractivity contribution is -0.131. The Kier molecular flexibility index (Phi) is 5.97. The van der Waals surface area contributed by atoms with Gasteiger partial charge in [-0.2, -0.15) is 5.10 Å². The second kappa shape index (κ2) is 8.99. The lowest BCUT2D eigenvalue weighted by Crippen LogP contribution is -2.45. The molecule has 8 heteroatoms. The summed E-state index contributed by atoms with van der Waals surface area (Å²) in [4.78, 5) is 39.4. The summed E-state index contributed by atoms with van der Waals surface area (Å²) in [6, 6.07) is 18.2. The van der Waals surface area contributed by atoms with E-state index in [0.717, 1.165) is 18.5 Å². The average Bonchev–Trinajstić information content (AvgIpc) is 3.12. The Morgan fingerprint density at radius 3 is 2.45 bits per heavy atom. The highest BCUT2D eigenvalue weighted by atomic mass is 16.2. The Bertz CT molecular complexity index is 1120. The fourth-order valence-electron chi connectivity index (χ4n) is 3.94. The van der Waals surface area contributed by atoms with Crippen molar-refractivity contribution in [3.05, 3.63) is 82.5 Å². The number of hydrogen-bond acceptors (Lipinski definition) is 4. The molecule has 1 aromatic heterocycles. The van der Waals surface area contributed by atoms with Crippen molar-refractivity contribution in [1.29, 1.82) is 0 Å². The average molecular weight is 419 g/mol. The maximum Gasteiger partial charge on any atom is 0.350 e. The van der Waals surface area contributed by atoms with Crippen molar-refractivity contribution < 1.29 is 9.59 Å². The summed E-state index contributed by atoms with van der Waals surface area (Å²) in [7, 11) is 1.64. The van der Waals surface area contributed by atoms with E-state index in [2.05, 4.69) is 10.4 Å². The molecule has 2 aromatic carbocycles. The highest BCUT2D eigenvalue weighted by Crippen LogP contribution is 2.26. The third kappa shape index (κ3) is 4.42. The number of carbonyl (C=O) groups is 2. The number of amides is 2. The number of hydrogen-bond donors (Lipinski definition) is 1. The van der Waals surface area contributed by atoms with Crippen LogP contribution in [0.1, 0.15) is 34.9 Å². The van der Waals surface area contributed by atoms with Crippen LogP contribution in [-0.2, 0) is 11.8 Å².